The molecule has 0 bridgehead atoms. The Morgan fingerprint density at radius 3 is 2.52 bits per heavy atom. The van der Waals surface area contributed by atoms with Gasteiger partial charge in [0.05, 0.1) is 11.8 Å². The van der Waals surface area contributed by atoms with E-state index >= 15 is 0 Å². The number of carbonyl (C=O) groups excluding carboxylic acids is 1. The van der Waals surface area contributed by atoms with Gasteiger partial charge in [-0.15, -0.1) is 11.3 Å². The van der Waals surface area contributed by atoms with Crippen LogP contribution in [0.4, 0.5) is 5.00 Å². The Kier molecular flexibility index (Phi) is 4.64. The number of carbonyl (C=O) groups is 1. The lowest BCUT2D eigenvalue weighted by Gasteiger charge is -2.28. The van der Waals surface area contributed by atoms with E-state index in [1.54, 1.807) is 29.7 Å². The Morgan fingerprint density at radius 1 is 1.08 bits per heavy atom. The first-order valence-electron chi connectivity index (χ1n) is 8.45. The maximum Gasteiger partial charge on any atom is 0.231 e. The van der Waals surface area contributed by atoms with E-state index in [0.29, 0.717) is 10.8 Å². The number of benzene rings is 1. The zero-order chi connectivity index (χ0) is 17.2. The number of halogens is 1. The van der Waals surface area contributed by atoms with E-state index in [9.17, 15) is 4.79 Å². The van der Waals surface area contributed by atoms with Crippen LogP contribution in [0.25, 0.3) is 10.4 Å². The molecule has 1 aliphatic heterocycles. The standard InChI is InChI=1S/C20H18ClNO2S/c21-15-8-6-14(7-9-15)18-13-16(19(23)17-5-4-12-24-17)20(25-18)22-10-2-1-3-11-22/h4-9,12-13H,1-3,10-11H2. The number of anilines is 1. The Bertz CT molecular complexity index is 862. The van der Waals surface area contributed by atoms with Gasteiger partial charge in [-0.25, -0.2) is 0 Å². The fourth-order valence-corrected chi connectivity index (χ4v) is 4.51. The fourth-order valence-electron chi connectivity index (χ4n) is 3.17. The van der Waals surface area contributed by atoms with Crippen molar-refractivity contribution in [3.63, 3.8) is 0 Å². The van der Waals surface area contributed by atoms with Crippen molar-refractivity contribution in [1.82, 2.24) is 0 Å². The molecule has 0 N–H and O–H groups in total. The lowest BCUT2D eigenvalue weighted by atomic mass is 10.1. The molecule has 0 aliphatic carbocycles. The molecule has 0 atom stereocenters. The van der Waals surface area contributed by atoms with Gasteiger partial charge >= 0.3 is 0 Å². The molecule has 1 saturated heterocycles. The van der Waals surface area contributed by atoms with Gasteiger partial charge in [-0.05, 0) is 55.2 Å². The molecule has 1 aromatic carbocycles. The molecule has 3 aromatic rings. The van der Waals surface area contributed by atoms with Crippen LogP contribution in [0.3, 0.4) is 0 Å². The van der Waals surface area contributed by atoms with Gasteiger partial charge in [0.2, 0.25) is 5.78 Å². The smallest absolute Gasteiger partial charge is 0.231 e. The minimum absolute atomic E-state index is 0.0537. The van der Waals surface area contributed by atoms with E-state index in [-0.39, 0.29) is 5.78 Å². The average molecular weight is 372 g/mol. The Labute approximate surface area is 155 Å². The van der Waals surface area contributed by atoms with Crippen molar-refractivity contribution in [3.8, 4) is 10.4 Å². The van der Waals surface area contributed by atoms with Crippen LogP contribution in [0.1, 0.15) is 35.4 Å². The largest absolute Gasteiger partial charge is 0.461 e. The Hall–Kier alpha value is -2.04. The van der Waals surface area contributed by atoms with Gasteiger partial charge < -0.3 is 9.32 Å². The third-order valence-corrected chi connectivity index (χ3v) is 5.97. The van der Waals surface area contributed by atoms with Crippen molar-refractivity contribution < 1.29 is 9.21 Å². The number of thiophene rings is 1. The molecule has 0 radical (unpaired) electrons. The summed E-state index contributed by atoms with van der Waals surface area (Å²) in [6, 6.07) is 13.2. The monoisotopic (exact) mass is 371 g/mol. The van der Waals surface area contributed by atoms with Crippen LogP contribution in [-0.4, -0.2) is 18.9 Å². The topological polar surface area (TPSA) is 33.5 Å². The van der Waals surface area contributed by atoms with Gasteiger partial charge in [0.1, 0.15) is 5.00 Å². The molecular formula is C20H18ClNO2S. The van der Waals surface area contributed by atoms with Crippen LogP contribution in [0.15, 0.2) is 53.1 Å². The number of piperidine rings is 1. The summed E-state index contributed by atoms with van der Waals surface area (Å²) in [6.45, 7) is 2.00. The van der Waals surface area contributed by atoms with Crippen molar-refractivity contribution in [2.75, 3.05) is 18.0 Å². The van der Waals surface area contributed by atoms with Crippen molar-refractivity contribution in [1.29, 1.82) is 0 Å². The number of rotatable bonds is 4. The molecule has 1 aliphatic rings. The third-order valence-electron chi connectivity index (χ3n) is 4.47. The second-order valence-electron chi connectivity index (χ2n) is 6.19. The highest BCUT2D eigenvalue weighted by Gasteiger charge is 2.24. The molecule has 25 heavy (non-hydrogen) atoms. The summed E-state index contributed by atoms with van der Waals surface area (Å²) >= 11 is 7.67. The fraction of sp³-hybridized carbons (Fsp3) is 0.250. The van der Waals surface area contributed by atoms with E-state index in [2.05, 4.69) is 4.90 Å². The zero-order valence-corrected chi connectivity index (χ0v) is 15.3. The molecule has 1 fully saturated rings. The number of hydrogen-bond acceptors (Lipinski definition) is 4. The van der Waals surface area contributed by atoms with Crippen molar-refractivity contribution >= 4 is 33.7 Å². The van der Waals surface area contributed by atoms with E-state index in [1.165, 1.54) is 19.3 Å². The lowest BCUT2D eigenvalue weighted by Crippen LogP contribution is -2.29. The highest BCUT2D eigenvalue weighted by atomic mass is 35.5. The maximum atomic E-state index is 12.9. The summed E-state index contributed by atoms with van der Waals surface area (Å²) in [5, 5.41) is 1.76. The first-order valence-corrected chi connectivity index (χ1v) is 9.65. The summed E-state index contributed by atoms with van der Waals surface area (Å²) < 4.78 is 5.34. The van der Waals surface area contributed by atoms with Gasteiger partial charge in [-0.1, -0.05) is 23.7 Å². The molecule has 128 valence electrons. The number of hydrogen-bond donors (Lipinski definition) is 0. The zero-order valence-electron chi connectivity index (χ0n) is 13.7. The molecule has 3 nitrogen and oxygen atoms in total. The van der Waals surface area contributed by atoms with Gasteiger partial charge in [0.25, 0.3) is 0 Å². The van der Waals surface area contributed by atoms with Gasteiger partial charge in [0, 0.05) is 23.0 Å². The second kappa shape index (κ2) is 7.06. The van der Waals surface area contributed by atoms with E-state index in [1.807, 2.05) is 30.3 Å². The SMILES string of the molecule is O=C(c1ccco1)c1cc(-c2ccc(Cl)cc2)sc1N1CCCCC1. The third kappa shape index (κ3) is 3.37. The normalized spacial score (nSPS) is 14.7. The molecule has 0 unspecified atom stereocenters. The molecule has 3 heterocycles. The van der Waals surface area contributed by atoms with E-state index in [4.69, 9.17) is 16.0 Å². The maximum absolute atomic E-state index is 12.9. The minimum Gasteiger partial charge on any atom is -0.461 e. The predicted molar refractivity (Wildman–Crippen MR) is 103 cm³/mol. The molecule has 0 spiro atoms. The molecule has 5 heteroatoms. The first kappa shape index (κ1) is 16.4. The highest BCUT2D eigenvalue weighted by molar-refractivity contribution is 7.19. The molecular weight excluding hydrogens is 354 g/mol. The van der Waals surface area contributed by atoms with Crippen LogP contribution < -0.4 is 4.90 Å². The Balaban J connectivity index is 1.77. The van der Waals surface area contributed by atoms with Gasteiger partial charge in [0.15, 0.2) is 5.76 Å². The summed E-state index contributed by atoms with van der Waals surface area (Å²) in [5.41, 5.74) is 1.80. The van der Waals surface area contributed by atoms with E-state index in [0.717, 1.165) is 34.1 Å². The van der Waals surface area contributed by atoms with E-state index < -0.39 is 0 Å². The van der Waals surface area contributed by atoms with Crippen molar-refractivity contribution in [2.24, 2.45) is 0 Å². The van der Waals surface area contributed by atoms with Crippen molar-refractivity contribution in [2.45, 2.75) is 19.3 Å². The van der Waals surface area contributed by atoms with Crippen LogP contribution >= 0.6 is 22.9 Å². The highest BCUT2D eigenvalue weighted by Crippen LogP contribution is 2.40. The van der Waals surface area contributed by atoms with Crippen LogP contribution in [0.5, 0.6) is 0 Å². The van der Waals surface area contributed by atoms with Crippen LogP contribution in [-0.2, 0) is 0 Å². The van der Waals surface area contributed by atoms with Gasteiger partial charge in [-0.2, -0.15) is 0 Å². The summed E-state index contributed by atoms with van der Waals surface area (Å²) in [7, 11) is 0. The van der Waals surface area contributed by atoms with Gasteiger partial charge in [-0.3, -0.25) is 4.79 Å². The summed E-state index contributed by atoms with van der Waals surface area (Å²) in [4.78, 5) is 16.3. The second-order valence-corrected chi connectivity index (χ2v) is 7.66. The Morgan fingerprint density at radius 2 is 1.84 bits per heavy atom. The molecule has 0 saturated carbocycles. The average Bonchev–Trinajstić information content (AvgIpc) is 3.33. The van der Waals surface area contributed by atoms with Crippen LogP contribution in [0.2, 0.25) is 5.02 Å². The molecule has 0 amide bonds. The first-order chi connectivity index (χ1) is 12.2. The number of ketones is 1. The molecule has 2 aromatic heterocycles. The minimum atomic E-state index is -0.0537. The lowest BCUT2D eigenvalue weighted by molar-refractivity contribution is 0.101. The number of nitrogens with zero attached hydrogens (tertiary/aromatic N) is 1. The summed E-state index contributed by atoms with van der Waals surface area (Å²) in [5.74, 6) is 0.334. The number of furan rings is 1. The van der Waals surface area contributed by atoms with Crippen molar-refractivity contribution in [3.05, 3.63) is 65.1 Å². The quantitative estimate of drug-likeness (QED) is 0.537. The van der Waals surface area contributed by atoms with Crippen LogP contribution in [0, 0.1) is 0 Å². The summed E-state index contributed by atoms with van der Waals surface area (Å²) in [6.07, 6.45) is 5.14. The predicted octanol–water partition coefficient (Wildman–Crippen LogP) is 5.88. The molecule has 4 rings (SSSR count).